The molecule has 0 atom stereocenters. The molecule has 1 heterocycles. The number of rotatable bonds is 8. The van der Waals surface area contributed by atoms with Gasteiger partial charge in [-0.25, -0.2) is 0 Å². The van der Waals surface area contributed by atoms with Crippen LogP contribution < -0.4 is 19.7 Å². The zero-order valence-electron chi connectivity index (χ0n) is 18.9. The molecule has 1 amide bonds. The first-order valence-electron chi connectivity index (χ1n) is 11.1. The summed E-state index contributed by atoms with van der Waals surface area (Å²) in [4.78, 5) is 17.4. The number of carbonyl (C=O) groups is 1. The average Bonchev–Trinajstić information content (AvgIpc) is 2.85. The van der Waals surface area contributed by atoms with Crippen molar-refractivity contribution in [2.24, 2.45) is 0 Å². The largest absolute Gasteiger partial charge is 0.493 e. The summed E-state index contributed by atoms with van der Waals surface area (Å²) >= 11 is 0. The van der Waals surface area contributed by atoms with E-state index in [1.165, 1.54) is 30.9 Å². The molecule has 0 spiro atoms. The number of hydrogen-bond acceptors (Lipinski definition) is 5. The molecule has 178 valence electrons. The molecule has 34 heavy (non-hydrogen) atoms. The molecule has 1 saturated heterocycles. The van der Waals surface area contributed by atoms with Gasteiger partial charge < -0.3 is 19.7 Å². The smallest absolute Gasteiger partial charge is 0.387 e. The van der Waals surface area contributed by atoms with E-state index in [1.807, 2.05) is 30.3 Å². The van der Waals surface area contributed by atoms with Crippen molar-refractivity contribution in [3.05, 3.63) is 83.9 Å². The van der Waals surface area contributed by atoms with Gasteiger partial charge in [-0.15, -0.1) is 0 Å². The van der Waals surface area contributed by atoms with Crippen molar-refractivity contribution >= 4 is 17.3 Å². The van der Waals surface area contributed by atoms with Crippen LogP contribution in [0, 0.1) is 0 Å². The van der Waals surface area contributed by atoms with Gasteiger partial charge in [0.25, 0.3) is 5.91 Å². The van der Waals surface area contributed by atoms with Gasteiger partial charge in [0, 0.05) is 49.7 Å². The lowest BCUT2D eigenvalue weighted by molar-refractivity contribution is -0.0512. The van der Waals surface area contributed by atoms with Crippen molar-refractivity contribution in [2.45, 2.75) is 13.2 Å². The van der Waals surface area contributed by atoms with Crippen LogP contribution in [-0.4, -0.2) is 50.7 Å². The minimum Gasteiger partial charge on any atom is -0.493 e. The van der Waals surface area contributed by atoms with E-state index in [4.69, 9.17) is 4.74 Å². The second-order valence-electron chi connectivity index (χ2n) is 7.99. The SMILES string of the molecule is COc1ccc(C(=O)Nc2ccc(N3CCN(Cc4ccccc4)CC3)cc2)cc1OC(F)F. The zero-order valence-corrected chi connectivity index (χ0v) is 18.9. The molecule has 8 heteroatoms. The molecule has 0 saturated carbocycles. The number of carbonyl (C=O) groups excluding carboxylic acids is 1. The number of amides is 1. The maximum Gasteiger partial charge on any atom is 0.387 e. The highest BCUT2D eigenvalue weighted by Gasteiger charge is 2.18. The molecule has 1 aliphatic heterocycles. The van der Waals surface area contributed by atoms with Crippen LogP contribution in [0.15, 0.2) is 72.8 Å². The number of hydrogen-bond donors (Lipinski definition) is 1. The number of alkyl halides is 2. The molecule has 6 nitrogen and oxygen atoms in total. The number of ether oxygens (including phenoxy) is 2. The number of nitrogens with one attached hydrogen (secondary N) is 1. The number of nitrogens with zero attached hydrogens (tertiary/aromatic N) is 2. The molecule has 3 aromatic carbocycles. The van der Waals surface area contributed by atoms with Gasteiger partial charge in [-0.3, -0.25) is 9.69 Å². The molecule has 0 unspecified atom stereocenters. The first-order chi connectivity index (χ1) is 16.5. The highest BCUT2D eigenvalue weighted by Crippen LogP contribution is 2.30. The highest BCUT2D eigenvalue weighted by atomic mass is 19.3. The van der Waals surface area contributed by atoms with Crippen molar-refractivity contribution in [1.82, 2.24) is 4.90 Å². The van der Waals surface area contributed by atoms with Gasteiger partial charge in [0.1, 0.15) is 0 Å². The Labute approximate surface area is 197 Å². The molecule has 1 N–H and O–H groups in total. The lowest BCUT2D eigenvalue weighted by atomic mass is 10.1. The Kier molecular flexibility index (Phi) is 7.59. The molecular formula is C26H27F2N3O3. The van der Waals surface area contributed by atoms with Crippen LogP contribution >= 0.6 is 0 Å². The summed E-state index contributed by atoms with van der Waals surface area (Å²) in [6.45, 7) is 1.76. The van der Waals surface area contributed by atoms with E-state index in [9.17, 15) is 13.6 Å². The third-order valence-electron chi connectivity index (χ3n) is 5.75. The van der Waals surface area contributed by atoms with Gasteiger partial charge in [0.2, 0.25) is 0 Å². The van der Waals surface area contributed by atoms with Crippen LogP contribution in [0.5, 0.6) is 11.5 Å². The number of methoxy groups -OCH3 is 1. The fraction of sp³-hybridized carbons (Fsp3) is 0.269. The van der Waals surface area contributed by atoms with E-state index >= 15 is 0 Å². The van der Waals surface area contributed by atoms with Crippen molar-refractivity contribution in [2.75, 3.05) is 43.5 Å². The first-order valence-corrected chi connectivity index (χ1v) is 11.1. The van der Waals surface area contributed by atoms with E-state index < -0.39 is 12.5 Å². The minimum absolute atomic E-state index is 0.130. The molecule has 3 aromatic rings. The second-order valence-corrected chi connectivity index (χ2v) is 7.99. The van der Waals surface area contributed by atoms with Crippen LogP contribution in [0.1, 0.15) is 15.9 Å². The summed E-state index contributed by atoms with van der Waals surface area (Å²) in [6.07, 6.45) is 0. The predicted molar refractivity (Wildman–Crippen MR) is 128 cm³/mol. The maximum absolute atomic E-state index is 12.6. The molecular weight excluding hydrogens is 440 g/mol. The Balaban J connectivity index is 1.33. The number of benzene rings is 3. The quantitative estimate of drug-likeness (QED) is 0.512. The number of anilines is 2. The summed E-state index contributed by atoms with van der Waals surface area (Å²) in [5.74, 6) is -0.485. The molecule has 0 aromatic heterocycles. The van der Waals surface area contributed by atoms with Crippen LogP contribution in [0.2, 0.25) is 0 Å². The summed E-state index contributed by atoms with van der Waals surface area (Å²) in [6, 6.07) is 22.2. The van der Waals surface area contributed by atoms with E-state index in [0.29, 0.717) is 5.69 Å². The van der Waals surface area contributed by atoms with Gasteiger partial charge in [0.05, 0.1) is 7.11 Å². The Morgan fingerprint density at radius 1 is 0.941 bits per heavy atom. The van der Waals surface area contributed by atoms with E-state index in [-0.39, 0.29) is 17.1 Å². The summed E-state index contributed by atoms with van der Waals surface area (Å²) < 4.78 is 34.7. The molecule has 1 fully saturated rings. The van der Waals surface area contributed by atoms with E-state index in [2.05, 4.69) is 44.1 Å². The third kappa shape index (κ3) is 6.02. The Morgan fingerprint density at radius 2 is 1.65 bits per heavy atom. The minimum atomic E-state index is -3.01. The molecule has 1 aliphatic rings. The van der Waals surface area contributed by atoms with Crippen LogP contribution in [0.4, 0.5) is 20.2 Å². The Morgan fingerprint density at radius 3 is 2.29 bits per heavy atom. The van der Waals surface area contributed by atoms with Gasteiger partial charge >= 0.3 is 6.61 Å². The Hall–Kier alpha value is -3.65. The maximum atomic E-state index is 12.6. The topological polar surface area (TPSA) is 54.0 Å². The fourth-order valence-corrected chi connectivity index (χ4v) is 3.97. The van der Waals surface area contributed by atoms with Crippen LogP contribution in [0.25, 0.3) is 0 Å². The van der Waals surface area contributed by atoms with E-state index in [0.717, 1.165) is 38.4 Å². The summed E-state index contributed by atoms with van der Waals surface area (Å²) in [5, 5.41) is 2.79. The van der Waals surface area contributed by atoms with Crippen molar-refractivity contribution in [3.8, 4) is 11.5 Å². The lowest BCUT2D eigenvalue weighted by Gasteiger charge is -2.36. The van der Waals surface area contributed by atoms with Crippen molar-refractivity contribution in [1.29, 1.82) is 0 Å². The fourth-order valence-electron chi connectivity index (χ4n) is 3.97. The molecule has 0 bridgehead atoms. The monoisotopic (exact) mass is 467 g/mol. The average molecular weight is 468 g/mol. The summed E-state index contributed by atoms with van der Waals surface area (Å²) in [7, 11) is 1.35. The van der Waals surface area contributed by atoms with Crippen molar-refractivity contribution < 1.29 is 23.0 Å². The van der Waals surface area contributed by atoms with Gasteiger partial charge in [0.15, 0.2) is 11.5 Å². The third-order valence-corrected chi connectivity index (χ3v) is 5.75. The van der Waals surface area contributed by atoms with Gasteiger partial charge in [-0.2, -0.15) is 8.78 Å². The number of halogens is 2. The zero-order chi connectivity index (χ0) is 23.9. The lowest BCUT2D eigenvalue weighted by Crippen LogP contribution is -2.45. The van der Waals surface area contributed by atoms with Crippen LogP contribution in [0.3, 0.4) is 0 Å². The predicted octanol–water partition coefficient (Wildman–Crippen LogP) is 4.87. The molecule has 0 radical (unpaired) electrons. The molecule has 0 aliphatic carbocycles. The second kappa shape index (κ2) is 11.0. The van der Waals surface area contributed by atoms with E-state index in [1.54, 1.807) is 0 Å². The first kappa shape index (κ1) is 23.5. The number of piperazine rings is 1. The highest BCUT2D eigenvalue weighted by molar-refractivity contribution is 6.04. The standard InChI is InChI=1S/C26H27F2N3O3/c1-33-23-12-7-20(17-24(23)34-26(27)28)25(32)29-21-8-10-22(11-9-21)31-15-13-30(14-16-31)18-19-5-3-2-4-6-19/h2-12,17,26H,13-16,18H2,1H3,(H,29,32). The molecule has 4 rings (SSSR count). The Bertz CT molecular complexity index is 1090. The normalized spacial score (nSPS) is 14.2. The van der Waals surface area contributed by atoms with Crippen LogP contribution in [-0.2, 0) is 6.54 Å². The van der Waals surface area contributed by atoms with Gasteiger partial charge in [-0.05, 0) is 48.0 Å². The summed E-state index contributed by atoms with van der Waals surface area (Å²) in [5.41, 5.74) is 3.22. The van der Waals surface area contributed by atoms with Gasteiger partial charge in [-0.1, -0.05) is 30.3 Å². The van der Waals surface area contributed by atoms with Crippen molar-refractivity contribution in [3.63, 3.8) is 0 Å².